The van der Waals surface area contributed by atoms with Gasteiger partial charge in [-0.2, -0.15) is 0 Å². The third-order valence-electron chi connectivity index (χ3n) is 3.39. The normalized spacial score (nSPS) is 23.0. The molecule has 1 N–H and O–H groups in total. The van der Waals surface area contributed by atoms with Crippen LogP contribution in [0.3, 0.4) is 0 Å². The number of amides is 1. The molecule has 1 saturated heterocycles. The molecule has 86 valence electrons. The zero-order chi connectivity index (χ0) is 11.3. The van der Waals surface area contributed by atoms with Crippen molar-refractivity contribution < 1.29 is 14.4 Å². The minimum absolute atomic E-state index is 0.175. The summed E-state index contributed by atoms with van der Waals surface area (Å²) in [6, 6.07) is 1.62. The number of nitrogens with zero attached hydrogens (tertiary/aromatic N) is 2. The predicted molar refractivity (Wildman–Crippen MR) is 54.8 cm³/mol. The van der Waals surface area contributed by atoms with E-state index in [0.717, 1.165) is 12.8 Å². The van der Waals surface area contributed by atoms with Gasteiger partial charge in [0.05, 0.1) is 18.8 Å². The molecule has 1 aromatic rings. The molecule has 0 spiro atoms. The van der Waals surface area contributed by atoms with Crippen LogP contribution in [0, 0.1) is 12.8 Å². The van der Waals surface area contributed by atoms with E-state index >= 15 is 0 Å². The van der Waals surface area contributed by atoms with Crippen molar-refractivity contribution >= 4 is 5.91 Å². The molecule has 0 bridgehead atoms. The van der Waals surface area contributed by atoms with Crippen molar-refractivity contribution in [3.05, 3.63) is 17.5 Å². The number of aliphatic hydroxyl groups is 1. The lowest BCUT2D eigenvalue weighted by Gasteiger charge is -2.46. The molecule has 2 heterocycles. The summed E-state index contributed by atoms with van der Waals surface area (Å²) in [6.45, 7) is 2.63. The monoisotopic (exact) mass is 222 g/mol. The maximum Gasteiger partial charge on any atom is 0.292 e. The maximum absolute atomic E-state index is 11.9. The molecule has 1 aromatic heterocycles. The van der Waals surface area contributed by atoms with Crippen LogP contribution in [0.5, 0.6) is 0 Å². The molecule has 0 aromatic carbocycles. The number of β-amino-alcohol motifs (C(OH)–C–C–N with tert-alkyl or cyclic N) is 1. The fourth-order valence-electron chi connectivity index (χ4n) is 2.26. The number of carbonyl (C=O) groups excluding carboxylic acids is 1. The molecule has 3 rings (SSSR count). The first kappa shape index (κ1) is 9.84. The predicted octanol–water partition coefficient (Wildman–Crippen LogP) is 0.580. The Morgan fingerprint density at radius 3 is 2.81 bits per heavy atom. The summed E-state index contributed by atoms with van der Waals surface area (Å²) in [7, 11) is 0. The molecule has 1 amide bonds. The molecule has 2 fully saturated rings. The van der Waals surface area contributed by atoms with E-state index in [0.29, 0.717) is 24.7 Å². The topological polar surface area (TPSA) is 66.6 Å². The van der Waals surface area contributed by atoms with Gasteiger partial charge in [0.1, 0.15) is 5.60 Å². The van der Waals surface area contributed by atoms with Crippen molar-refractivity contribution in [2.75, 3.05) is 13.1 Å². The lowest BCUT2D eigenvalue weighted by atomic mass is 9.88. The summed E-state index contributed by atoms with van der Waals surface area (Å²) >= 11 is 0. The zero-order valence-corrected chi connectivity index (χ0v) is 9.14. The summed E-state index contributed by atoms with van der Waals surface area (Å²) in [6.07, 6.45) is 2.17. The van der Waals surface area contributed by atoms with Crippen LogP contribution in [0.1, 0.15) is 29.1 Å². The molecule has 5 heteroatoms. The minimum atomic E-state index is -0.634. The van der Waals surface area contributed by atoms with E-state index < -0.39 is 5.60 Å². The van der Waals surface area contributed by atoms with Crippen molar-refractivity contribution in [3.8, 4) is 0 Å². The van der Waals surface area contributed by atoms with Crippen molar-refractivity contribution in [1.29, 1.82) is 0 Å². The highest BCUT2D eigenvalue weighted by Gasteiger charge is 2.53. The Balaban J connectivity index is 1.66. The smallest absolute Gasteiger partial charge is 0.292 e. The summed E-state index contributed by atoms with van der Waals surface area (Å²) in [5.74, 6) is 0.481. The van der Waals surface area contributed by atoms with E-state index in [1.807, 2.05) is 0 Å². The number of carbonyl (C=O) groups is 1. The molecule has 1 aliphatic heterocycles. The van der Waals surface area contributed by atoms with Gasteiger partial charge >= 0.3 is 0 Å². The van der Waals surface area contributed by atoms with Gasteiger partial charge in [0.2, 0.25) is 5.76 Å². The zero-order valence-electron chi connectivity index (χ0n) is 9.14. The fourth-order valence-corrected chi connectivity index (χ4v) is 2.26. The van der Waals surface area contributed by atoms with Crippen LogP contribution in [0.2, 0.25) is 0 Å². The van der Waals surface area contributed by atoms with Crippen molar-refractivity contribution in [2.24, 2.45) is 5.92 Å². The van der Waals surface area contributed by atoms with Gasteiger partial charge in [-0.05, 0) is 25.7 Å². The van der Waals surface area contributed by atoms with Crippen molar-refractivity contribution in [3.63, 3.8) is 0 Å². The van der Waals surface area contributed by atoms with Crippen LogP contribution >= 0.6 is 0 Å². The van der Waals surface area contributed by atoms with Gasteiger partial charge in [0, 0.05) is 6.07 Å². The Morgan fingerprint density at radius 2 is 2.31 bits per heavy atom. The Morgan fingerprint density at radius 1 is 1.62 bits per heavy atom. The molecule has 5 nitrogen and oxygen atoms in total. The molecule has 1 saturated carbocycles. The molecule has 0 atom stereocenters. The molecule has 16 heavy (non-hydrogen) atoms. The van der Waals surface area contributed by atoms with E-state index in [1.165, 1.54) is 0 Å². The molecule has 1 aliphatic carbocycles. The third kappa shape index (κ3) is 1.43. The number of likely N-dealkylation sites (tertiary alicyclic amines) is 1. The van der Waals surface area contributed by atoms with Crippen LogP contribution in [0.15, 0.2) is 10.6 Å². The number of rotatable bonds is 2. The molecular formula is C11H14N2O3. The Kier molecular flexibility index (Phi) is 1.89. The minimum Gasteiger partial charge on any atom is -0.386 e. The Bertz CT molecular complexity index is 430. The first-order chi connectivity index (χ1) is 7.58. The quantitative estimate of drug-likeness (QED) is 0.794. The standard InChI is InChI=1S/C11H14N2O3/c1-7-4-9(16-12-7)10(14)13-5-11(15,6-13)8-2-3-8/h4,8,15H,2-3,5-6H2,1H3. The Labute approximate surface area is 93.0 Å². The van der Waals surface area contributed by atoms with Gasteiger partial charge in [-0.25, -0.2) is 0 Å². The average molecular weight is 222 g/mol. The van der Waals surface area contributed by atoms with E-state index in [4.69, 9.17) is 4.52 Å². The van der Waals surface area contributed by atoms with E-state index in [1.54, 1.807) is 17.9 Å². The number of aryl methyl sites for hydroxylation is 1. The lowest BCUT2D eigenvalue weighted by Crippen LogP contribution is -2.64. The highest BCUT2D eigenvalue weighted by atomic mass is 16.5. The molecule has 0 radical (unpaired) electrons. The SMILES string of the molecule is Cc1cc(C(=O)N2CC(O)(C3CC3)C2)on1. The highest BCUT2D eigenvalue weighted by molar-refractivity contribution is 5.92. The van der Waals surface area contributed by atoms with Crippen LogP contribution in [0.25, 0.3) is 0 Å². The van der Waals surface area contributed by atoms with Gasteiger partial charge in [-0.3, -0.25) is 4.79 Å². The number of hydrogen-bond acceptors (Lipinski definition) is 4. The highest BCUT2D eigenvalue weighted by Crippen LogP contribution is 2.44. The van der Waals surface area contributed by atoms with Crippen molar-refractivity contribution in [1.82, 2.24) is 10.1 Å². The molecule has 2 aliphatic rings. The van der Waals surface area contributed by atoms with Gasteiger partial charge in [-0.15, -0.1) is 0 Å². The van der Waals surface area contributed by atoms with E-state index in [2.05, 4.69) is 5.16 Å². The van der Waals surface area contributed by atoms with Gasteiger partial charge in [-0.1, -0.05) is 5.16 Å². The molecular weight excluding hydrogens is 208 g/mol. The van der Waals surface area contributed by atoms with Crippen LogP contribution in [0.4, 0.5) is 0 Å². The number of aromatic nitrogens is 1. The average Bonchev–Trinajstić information content (AvgIpc) is 2.96. The molecule has 0 unspecified atom stereocenters. The van der Waals surface area contributed by atoms with Crippen LogP contribution < -0.4 is 0 Å². The largest absolute Gasteiger partial charge is 0.386 e. The number of hydrogen-bond donors (Lipinski definition) is 1. The van der Waals surface area contributed by atoms with Gasteiger partial charge in [0.15, 0.2) is 0 Å². The first-order valence-electron chi connectivity index (χ1n) is 5.53. The summed E-state index contributed by atoms with van der Waals surface area (Å²) in [4.78, 5) is 13.5. The first-order valence-corrected chi connectivity index (χ1v) is 5.53. The lowest BCUT2D eigenvalue weighted by molar-refractivity contribution is -0.0966. The van der Waals surface area contributed by atoms with E-state index in [-0.39, 0.29) is 11.7 Å². The third-order valence-corrected chi connectivity index (χ3v) is 3.39. The van der Waals surface area contributed by atoms with E-state index in [9.17, 15) is 9.90 Å². The summed E-state index contributed by atoms with van der Waals surface area (Å²) in [5, 5.41) is 13.8. The second-order valence-electron chi connectivity index (χ2n) is 4.87. The Hall–Kier alpha value is -1.36. The van der Waals surface area contributed by atoms with Gasteiger partial charge in [0.25, 0.3) is 5.91 Å². The summed E-state index contributed by atoms with van der Waals surface area (Å²) < 4.78 is 4.90. The maximum atomic E-state index is 11.9. The second kappa shape index (κ2) is 3.07. The second-order valence-corrected chi connectivity index (χ2v) is 4.87. The van der Waals surface area contributed by atoms with Gasteiger partial charge < -0.3 is 14.5 Å². The van der Waals surface area contributed by atoms with Crippen molar-refractivity contribution in [2.45, 2.75) is 25.4 Å². The summed E-state index contributed by atoms with van der Waals surface area (Å²) in [5.41, 5.74) is 0.0615. The van der Waals surface area contributed by atoms with Crippen LogP contribution in [-0.4, -0.2) is 39.8 Å². The fraction of sp³-hybridized carbons (Fsp3) is 0.636. The van der Waals surface area contributed by atoms with Crippen LogP contribution in [-0.2, 0) is 0 Å².